The minimum absolute atomic E-state index is 1.14. The van der Waals surface area contributed by atoms with E-state index in [1.165, 1.54) is 19.3 Å². The van der Waals surface area contributed by atoms with Crippen LogP contribution in [0.4, 0.5) is 0 Å². The van der Waals surface area contributed by atoms with E-state index in [2.05, 4.69) is 36.5 Å². The Morgan fingerprint density at radius 1 is 0.700 bits per heavy atom. The zero-order chi connectivity index (χ0) is 7.07. The van der Waals surface area contributed by atoms with Crippen LogP contribution in [0.5, 0.6) is 0 Å². The lowest BCUT2D eigenvalue weighted by Gasteiger charge is -1.69. The molecule has 0 fully saturated rings. The van der Waals surface area contributed by atoms with Crippen LogP contribution >= 0.6 is 0 Å². The van der Waals surface area contributed by atoms with E-state index in [0.29, 0.717) is 0 Å². The molecule has 10 heavy (non-hydrogen) atoms. The van der Waals surface area contributed by atoms with E-state index in [4.69, 9.17) is 0 Å². The first-order valence-electron chi connectivity index (χ1n) is 3.97. The van der Waals surface area contributed by atoms with Gasteiger partial charge in [0.15, 0.2) is 0 Å². The van der Waals surface area contributed by atoms with Crippen molar-refractivity contribution in [2.75, 3.05) is 0 Å². The summed E-state index contributed by atoms with van der Waals surface area (Å²) in [7, 11) is 0. The summed E-state index contributed by atoms with van der Waals surface area (Å²) in [4.78, 5) is 0. The molecule has 0 radical (unpaired) electrons. The smallest absolute Gasteiger partial charge is 0.0163 e. The summed E-state index contributed by atoms with van der Waals surface area (Å²) < 4.78 is 0. The van der Waals surface area contributed by atoms with Crippen LogP contribution in [0.2, 0.25) is 0 Å². The van der Waals surface area contributed by atoms with E-state index in [9.17, 15) is 0 Å². The summed E-state index contributed by atoms with van der Waals surface area (Å²) >= 11 is 0. The maximum absolute atomic E-state index is 2.24. The molecular formula is C10H14. The third-order valence-corrected chi connectivity index (χ3v) is 1.56. The van der Waals surface area contributed by atoms with Gasteiger partial charge in [-0.1, -0.05) is 36.5 Å². The van der Waals surface area contributed by atoms with Crippen LogP contribution in [0.3, 0.4) is 0 Å². The highest BCUT2D eigenvalue weighted by atomic mass is 13.9. The van der Waals surface area contributed by atoms with Gasteiger partial charge < -0.3 is 0 Å². The summed E-state index contributed by atoms with van der Waals surface area (Å²) in [5.74, 6) is 0. The van der Waals surface area contributed by atoms with Crippen molar-refractivity contribution in [2.24, 2.45) is 0 Å². The third-order valence-electron chi connectivity index (χ3n) is 1.56. The van der Waals surface area contributed by atoms with Gasteiger partial charge in [-0.3, -0.25) is 0 Å². The minimum Gasteiger partial charge on any atom is -0.0885 e. The number of rotatable bonds is 0. The van der Waals surface area contributed by atoms with Crippen molar-refractivity contribution in [3.05, 3.63) is 36.5 Å². The van der Waals surface area contributed by atoms with Crippen LogP contribution < -0.4 is 0 Å². The molecule has 0 atom stereocenters. The fraction of sp³-hybridized carbons (Fsp3) is 0.400. The Labute approximate surface area is 62.9 Å². The first kappa shape index (κ1) is 7.33. The standard InChI is InChI=1S/C5H8.C5H6/c2*1-2-4-5-3-1/h1-2H,3-5H2;1-4H,5H2. The lowest BCUT2D eigenvalue weighted by atomic mass is 10.4. The molecule has 0 heteroatoms. The second kappa shape index (κ2) is 5.04. The lowest BCUT2D eigenvalue weighted by molar-refractivity contribution is 0.929. The largest absolute Gasteiger partial charge is 0.0885 e. The molecule has 0 saturated heterocycles. The average Bonchev–Trinajstić information content (AvgIpc) is 2.67. The van der Waals surface area contributed by atoms with Crippen molar-refractivity contribution < 1.29 is 0 Å². The second-order valence-corrected chi connectivity index (χ2v) is 2.49. The van der Waals surface area contributed by atoms with Gasteiger partial charge in [0.2, 0.25) is 0 Å². The van der Waals surface area contributed by atoms with Crippen molar-refractivity contribution >= 4 is 0 Å². The number of allylic oxidation sites excluding steroid dienone is 6. The van der Waals surface area contributed by atoms with Gasteiger partial charge in [0, 0.05) is 0 Å². The highest BCUT2D eigenvalue weighted by molar-refractivity contribution is 5.11. The molecule has 0 bridgehead atoms. The highest BCUT2D eigenvalue weighted by Gasteiger charge is 1.84. The fourth-order valence-electron chi connectivity index (χ4n) is 0.982. The van der Waals surface area contributed by atoms with Gasteiger partial charge >= 0.3 is 0 Å². The third kappa shape index (κ3) is 3.29. The Morgan fingerprint density at radius 3 is 1.50 bits per heavy atom. The Bertz CT molecular complexity index is 133. The van der Waals surface area contributed by atoms with Gasteiger partial charge in [-0.05, 0) is 25.7 Å². The summed E-state index contributed by atoms with van der Waals surface area (Å²) in [6.07, 6.45) is 18.0. The van der Waals surface area contributed by atoms with Gasteiger partial charge in [-0.25, -0.2) is 0 Å². The molecule has 0 saturated carbocycles. The SMILES string of the molecule is C1=CCC=C1.C1=CCCC1. The van der Waals surface area contributed by atoms with Crippen LogP contribution in [-0.4, -0.2) is 0 Å². The predicted octanol–water partition coefficient (Wildman–Crippen LogP) is 3.23. The van der Waals surface area contributed by atoms with Crippen molar-refractivity contribution in [1.82, 2.24) is 0 Å². The Morgan fingerprint density at radius 2 is 1.30 bits per heavy atom. The molecular weight excluding hydrogens is 120 g/mol. The molecule has 0 spiro atoms. The average molecular weight is 134 g/mol. The van der Waals surface area contributed by atoms with E-state index in [1.807, 2.05) is 0 Å². The quantitative estimate of drug-likeness (QED) is 0.446. The normalized spacial score (nSPS) is 19.2. The summed E-state index contributed by atoms with van der Waals surface area (Å²) in [5.41, 5.74) is 0. The molecule has 2 aliphatic rings. The molecule has 0 heterocycles. The summed E-state index contributed by atoms with van der Waals surface area (Å²) in [6.45, 7) is 0. The lowest BCUT2D eigenvalue weighted by Crippen LogP contribution is -1.50. The molecule has 0 aromatic rings. The topological polar surface area (TPSA) is 0 Å². The van der Waals surface area contributed by atoms with Crippen molar-refractivity contribution in [3.8, 4) is 0 Å². The van der Waals surface area contributed by atoms with E-state index < -0.39 is 0 Å². The van der Waals surface area contributed by atoms with E-state index >= 15 is 0 Å². The molecule has 0 amide bonds. The second-order valence-electron chi connectivity index (χ2n) is 2.49. The highest BCUT2D eigenvalue weighted by Crippen LogP contribution is 2.05. The van der Waals surface area contributed by atoms with Gasteiger partial charge in [0.25, 0.3) is 0 Å². The molecule has 2 aliphatic carbocycles. The maximum Gasteiger partial charge on any atom is -0.0163 e. The van der Waals surface area contributed by atoms with Crippen molar-refractivity contribution in [1.29, 1.82) is 0 Å². The number of hydrogen-bond donors (Lipinski definition) is 0. The van der Waals surface area contributed by atoms with Crippen LogP contribution in [0, 0.1) is 0 Å². The number of hydrogen-bond acceptors (Lipinski definition) is 0. The van der Waals surface area contributed by atoms with Crippen LogP contribution in [0.25, 0.3) is 0 Å². The van der Waals surface area contributed by atoms with Crippen LogP contribution in [0.1, 0.15) is 25.7 Å². The summed E-state index contributed by atoms with van der Waals surface area (Å²) in [5, 5.41) is 0. The molecule has 0 unspecified atom stereocenters. The van der Waals surface area contributed by atoms with Gasteiger partial charge in [0.05, 0.1) is 0 Å². The minimum atomic E-state index is 1.14. The molecule has 0 aromatic carbocycles. The van der Waals surface area contributed by atoms with Gasteiger partial charge in [-0.2, -0.15) is 0 Å². The first-order chi connectivity index (χ1) is 5.00. The van der Waals surface area contributed by atoms with Crippen LogP contribution in [-0.2, 0) is 0 Å². The Hall–Kier alpha value is -0.780. The van der Waals surface area contributed by atoms with Crippen molar-refractivity contribution in [2.45, 2.75) is 25.7 Å². The van der Waals surface area contributed by atoms with Crippen molar-refractivity contribution in [3.63, 3.8) is 0 Å². The van der Waals surface area contributed by atoms with E-state index in [1.54, 1.807) is 0 Å². The zero-order valence-corrected chi connectivity index (χ0v) is 6.29. The zero-order valence-electron chi connectivity index (χ0n) is 6.29. The van der Waals surface area contributed by atoms with Gasteiger partial charge in [0.1, 0.15) is 0 Å². The Balaban J connectivity index is 0.0000001000. The monoisotopic (exact) mass is 134 g/mol. The van der Waals surface area contributed by atoms with Gasteiger partial charge in [-0.15, -0.1) is 0 Å². The molecule has 0 aromatic heterocycles. The molecule has 0 aliphatic heterocycles. The molecule has 0 N–H and O–H groups in total. The molecule has 2 rings (SSSR count). The maximum atomic E-state index is 2.24. The fourth-order valence-corrected chi connectivity index (χ4v) is 0.982. The Kier molecular flexibility index (Phi) is 3.69. The molecule has 0 nitrogen and oxygen atoms in total. The molecule has 54 valence electrons. The van der Waals surface area contributed by atoms with Crippen LogP contribution in [0.15, 0.2) is 36.5 Å². The van der Waals surface area contributed by atoms with E-state index in [0.717, 1.165) is 6.42 Å². The first-order valence-corrected chi connectivity index (χ1v) is 3.97. The predicted molar refractivity (Wildman–Crippen MR) is 45.9 cm³/mol. The van der Waals surface area contributed by atoms with E-state index in [-0.39, 0.29) is 0 Å². The summed E-state index contributed by atoms with van der Waals surface area (Å²) in [6, 6.07) is 0.